The number of rotatable bonds is 7. The number of pyridine rings is 1. The first-order valence-electron chi connectivity index (χ1n) is 7.21. The maximum atomic E-state index is 10.9. The highest BCUT2D eigenvalue weighted by Gasteiger charge is 2.20. The van der Waals surface area contributed by atoms with Gasteiger partial charge < -0.3 is 15.0 Å². The van der Waals surface area contributed by atoms with Gasteiger partial charge in [0.15, 0.2) is 0 Å². The Kier molecular flexibility index (Phi) is 5.46. The molecule has 7 heteroatoms. The molecule has 1 fully saturated rings. The second-order valence-electron chi connectivity index (χ2n) is 5.26. The number of nitrogens with zero attached hydrogens (tertiary/aromatic N) is 3. The lowest BCUT2D eigenvalue weighted by atomic mass is 10.2. The van der Waals surface area contributed by atoms with Gasteiger partial charge in [-0.25, -0.2) is 4.98 Å². The van der Waals surface area contributed by atoms with Crippen molar-refractivity contribution in [1.29, 1.82) is 0 Å². The number of methoxy groups -OCH3 is 1. The first-order valence-corrected chi connectivity index (χ1v) is 7.21. The quantitative estimate of drug-likeness (QED) is 0.606. The molecule has 1 atom stereocenters. The fraction of sp³-hybridized carbons (Fsp3) is 0.643. The molecule has 0 aliphatic carbocycles. The molecule has 2 heterocycles. The van der Waals surface area contributed by atoms with Gasteiger partial charge >= 0.3 is 0 Å². The van der Waals surface area contributed by atoms with Crippen molar-refractivity contribution >= 4 is 11.5 Å². The molecule has 116 valence electrons. The smallest absolute Gasteiger partial charge is 0.290 e. The van der Waals surface area contributed by atoms with Crippen LogP contribution in [0, 0.1) is 17.0 Å². The largest absolute Gasteiger partial charge is 0.383 e. The van der Waals surface area contributed by atoms with Crippen molar-refractivity contribution in [1.82, 2.24) is 10.3 Å². The van der Waals surface area contributed by atoms with E-state index in [1.54, 1.807) is 20.1 Å². The molecule has 1 aromatic rings. The first-order chi connectivity index (χ1) is 10.1. The van der Waals surface area contributed by atoms with Gasteiger partial charge in [0.2, 0.25) is 0 Å². The Hall–Kier alpha value is -1.73. The Balaban J connectivity index is 2.14. The maximum absolute atomic E-state index is 10.9. The van der Waals surface area contributed by atoms with Crippen LogP contribution in [-0.4, -0.2) is 49.3 Å². The van der Waals surface area contributed by atoms with E-state index >= 15 is 0 Å². The van der Waals surface area contributed by atoms with Gasteiger partial charge in [0.25, 0.3) is 5.69 Å². The fourth-order valence-corrected chi connectivity index (χ4v) is 2.59. The van der Waals surface area contributed by atoms with Crippen molar-refractivity contribution in [2.45, 2.75) is 25.8 Å². The molecule has 1 saturated heterocycles. The Labute approximate surface area is 124 Å². The second kappa shape index (κ2) is 7.33. The van der Waals surface area contributed by atoms with Crippen LogP contribution >= 0.6 is 0 Å². The third kappa shape index (κ3) is 4.12. The SMILES string of the molecule is COCCN(CC1CCCN1)c1ccc([N+](=O)[O-])c(C)n1. The summed E-state index contributed by atoms with van der Waals surface area (Å²) in [6.07, 6.45) is 2.34. The minimum atomic E-state index is -0.399. The molecule has 1 unspecified atom stereocenters. The molecule has 7 nitrogen and oxygen atoms in total. The summed E-state index contributed by atoms with van der Waals surface area (Å²) < 4.78 is 5.15. The number of aromatic nitrogens is 1. The number of hydrogen-bond donors (Lipinski definition) is 1. The minimum Gasteiger partial charge on any atom is -0.383 e. The van der Waals surface area contributed by atoms with Crippen LogP contribution in [-0.2, 0) is 4.74 Å². The lowest BCUT2D eigenvalue weighted by Crippen LogP contribution is -2.39. The molecule has 1 aliphatic rings. The third-order valence-electron chi connectivity index (χ3n) is 3.73. The normalized spacial score (nSPS) is 17.9. The molecule has 0 amide bonds. The van der Waals surface area contributed by atoms with Crippen molar-refractivity contribution in [3.8, 4) is 0 Å². The number of ether oxygens (including phenoxy) is 1. The Morgan fingerprint density at radius 3 is 2.95 bits per heavy atom. The molecule has 2 rings (SSSR count). The van der Waals surface area contributed by atoms with E-state index in [0.29, 0.717) is 18.3 Å². The van der Waals surface area contributed by atoms with Gasteiger partial charge in [-0.05, 0) is 32.4 Å². The summed E-state index contributed by atoms with van der Waals surface area (Å²) in [7, 11) is 1.67. The molecule has 0 saturated carbocycles. The van der Waals surface area contributed by atoms with Crippen molar-refractivity contribution in [3.63, 3.8) is 0 Å². The molecule has 0 spiro atoms. The van der Waals surface area contributed by atoms with Crippen molar-refractivity contribution in [3.05, 3.63) is 27.9 Å². The van der Waals surface area contributed by atoms with E-state index < -0.39 is 4.92 Å². The summed E-state index contributed by atoms with van der Waals surface area (Å²) in [4.78, 5) is 17.0. The lowest BCUT2D eigenvalue weighted by molar-refractivity contribution is -0.385. The molecule has 0 radical (unpaired) electrons. The Morgan fingerprint density at radius 2 is 2.38 bits per heavy atom. The summed E-state index contributed by atoms with van der Waals surface area (Å²) in [6, 6.07) is 3.69. The van der Waals surface area contributed by atoms with Crippen LogP contribution in [0.1, 0.15) is 18.5 Å². The van der Waals surface area contributed by atoms with E-state index in [1.165, 1.54) is 12.5 Å². The zero-order valence-corrected chi connectivity index (χ0v) is 12.5. The van der Waals surface area contributed by atoms with E-state index in [1.807, 2.05) is 0 Å². The van der Waals surface area contributed by atoms with Crippen LogP contribution in [0.25, 0.3) is 0 Å². The highest BCUT2D eigenvalue weighted by atomic mass is 16.6. The van der Waals surface area contributed by atoms with Gasteiger partial charge in [-0.2, -0.15) is 0 Å². The minimum absolute atomic E-state index is 0.0597. The first kappa shape index (κ1) is 15.7. The highest BCUT2D eigenvalue weighted by molar-refractivity contribution is 5.47. The van der Waals surface area contributed by atoms with E-state index in [-0.39, 0.29) is 5.69 Å². The molecule has 1 aromatic heterocycles. The van der Waals surface area contributed by atoms with Gasteiger partial charge in [-0.3, -0.25) is 10.1 Å². The standard InChI is InChI=1S/C14H22N4O3/c1-11-13(18(19)20)5-6-14(16-11)17(8-9-21-2)10-12-4-3-7-15-12/h5-6,12,15H,3-4,7-10H2,1-2H3. The van der Waals surface area contributed by atoms with E-state index in [0.717, 1.165) is 31.9 Å². The topological polar surface area (TPSA) is 80.5 Å². The predicted molar refractivity (Wildman–Crippen MR) is 80.7 cm³/mol. The Bertz CT molecular complexity index is 489. The van der Waals surface area contributed by atoms with Gasteiger partial charge in [0.05, 0.1) is 11.5 Å². The summed E-state index contributed by atoms with van der Waals surface area (Å²) in [6.45, 7) is 4.89. The van der Waals surface area contributed by atoms with Crippen molar-refractivity contribution < 1.29 is 9.66 Å². The molecule has 0 bridgehead atoms. The summed E-state index contributed by atoms with van der Waals surface area (Å²) in [5.74, 6) is 0.767. The third-order valence-corrected chi connectivity index (χ3v) is 3.73. The van der Waals surface area contributed by atoms with Crippen LogP contribution < -0.4 is 10.2 Å². The van der Waals surface area contributed by atoms with Gasteiger partial charge in [-0.15, -0.1) is 0 Å². The Morgan fingerprint density at radius 1 is 1.57 bits per heavy atom. The zero-order valence-electron chi connectivity index (χ0n) is 12.5. The van der Waals surface area contributed by atoms with Crippen LogP contribution in [0.4, 0.5) is 11.5 Å². The number of hydrogen-bond acceptors (Lipinski definition) is 6. The summed E-state index contributed by atoms with van der Waals surface area (Å²) in [5, 5.41) is 14.3. The number of nitro groups is 1. The second-order valence-corrected chi connectivity index (χ2v) is 5.26. The summed E-state index contributed by atoms with van der Waals surface area (Å²) >= 11 is 0. The predicted octanol–water partition coefficient (Wildman–Crippen LogP) is 1.50. The van der Waals surface area contributed by atoms with E-state index in [9.17, 15) is 10.1 Å². The number of anilines is 1. The maximum Gasteiger partial charge on any atom is 0.290 e. The van der Waals surface area contributed by atoms with Crippen molar-refractivity contribution in [2.75, 3.05) is 38.3 Å². The average molecular weight is 294 g/mol. The number of aryl methyl sites for hydroxylation is 1. The molecule has 0 aromatic carbocycles. The molecule has 21 heavy (non-hydrogen) atoms. The van der Waals surface area contributed by atoms with Gasteiger partial charge in [-0.1, -0.05) is 0 Å². The van der Waals surface area contributed by atoms with Crippen LogP contribution in [0.15, 0.2) is 12.1 Å². The molecule has 1 aliphatic heterocycles. The zero-order chi connectivity index (χ0) is 15.2. The fourth-order valence-electron chi connectivity index (χ4n) is 2.59. The van der Waals surface area contributed by atoms with Crippen LogP contribution in [0.2, 0.25) is 0 Å². The average Bonchev–Trinajstić information content (AvgIpc) is 2.95. The van der Waals surface area contributed by atoms with E-state index in [2.05, 4.69) is 15.2 Å². The summed E-state index contributed by atoms with van der Waals surface area (Å²) in [5.41, 5.74) is 0.503. The number of nitrogens with one attached hydrogen (secondary N) is 1. The highest BCUT2D eigenvalue weighted by Crippen LogP contribution is 2.21. The monoisotopic (exact) mass is 294 g/mol. The van der Waals surface area contributed by atoms with Crippen LogP contribution in [0.3, 0.4) is 0 Å². The van der Waals surface area contributed by atoms with Gasteiger partial charge in [0, 0.05) is 32.3 Å². The van der Waals surface area contributed by atoms with Gasteiger partial charge in [0.1, 0.15) is 11.5 Å². The van der Waals surface area contributed by atoms with E-state index in [4.69, 9.17) is 4.74 Å². The molecule has 1 N–H and O–H groups in total. The van der Waals surface area contributed by atoms with Crippen LogP contribution in [0.5, 0.6) is 0 Å². The molecular weight excluding hydrogens is 272 g/mol. The molecular formula is C14H22N4O3. The lowest BCUT2D eigenvalue weighted by Gasteiger charge is -2.26. The van der Waals surface area contributed by atoms with Crippen molar-refractivity contribution in [2.24, 2.45) is 0 Å².